The van der Waals surface area contributed by atoms with Gasteiger partial charge in [0.15, 0.2) is 0 Å². The summed E-state index contributed by atoms with van der Waals surface area (Å²) in [4.78, 5) is 14.0. The van der Waals surface area contributed by atoms with Crippen LogP contribution in [-0.4, -0.2) is 31.2 Å². The summed E-state index contributed by atoms with van der Waals surface area (Å²) in [5.74, 6) is -1.01. The summed E-state index contributed by atoms with van der Waals surface area (Å²) in [7, 11) is 1.87. The first-order chi connectivity index (χ1) is 10.5. The highest BCUT2D eigenvalue weighted by atomic mass is 19.1. The second-order valence-corrected chi connectivity index (χ2v) is 5.13. The lowest BCUT2D eigenvalue weighted by Crippen LogP contribution is -2.21. The molecule has 0 radical (unpaired) electrons. The SMILES string of the molecule is Cc1ccc(F)c(C(=O)Nc2ccc(N(C)CCO)cc2)c1. The zero-order chi connectivity index (χ0) is 16.1. The maximum atomic E-state index is 13.7. The van der Waals surface area contributed by atoms with Gasteiger partial charge in [-0.15, -0.1) is 0 Å². The summed E-state index contributed by atoms with van der Waals surface area (Å²) in [5.41, 5.74) is 2.37. The Morgan fingerprint density at radius 1 is 1.23 bits per heavy atom. The zero-order valence-corrected chi connectivity index (χ0v) is 12.6. The lowest BCUT2D eigenvalue weighted by molar-refractivity contribution is 0.102. The quantitative estimate of drug-likeness (QED) is 0.893. The van der Waals surface area contributed by atoms with Gasteiger partial charge < -0.3 is 15.3 Å². The van der Waals surface area contributed by atoms with E-state index >= 15 is 0 Å². The zero-order valence-electron chi connectivity index (χ0n) is 12.6. The van der Waals surface area contributed by atoms with Gasteiger partial charge in [-0.25, -0.2) is 4.39 Å². The van der Waals surface area contributed by atoms with E-state index in [0.717, 1.165) is 11.3 Å². The van der Waals surface area contributed by atoms with Crippen LogP contribution in [0.25, 0.3) is 0 Å². The van der Waals surface area contributed by atoms with Crippen molar-refractivity contribution in [2.45, 2.75) is 6.92 Å². The van der Waals surface area contributed by atoms with Crippen molar-refractivity contribution in [3.8, 4) is 0 Å². The van der Waals surface area contributed by atoms with Gasteiger partial charge in [0.25, 0.3) is 5.91 Å². The molecule has 116 valence electrons. The lowest BCUT2D eigenvalue weighted by atomic mass is 10.1. The predicted molar refractivity (Wildman–Crippen MR) is 85.9 cm³/mol. The number of carbonyl (C=O) groups is 1. The fourth-order valence-corrected chi connectivity index (χ4v) is 2.09. The van der Waals surface area contributed by atoms with Crippen LogP contribution in [0.4, 0.5) is 15.8 Å². The molecule has 22 heavy (non-hydrogen) atoms. The Hall–Kier alpha value is -2.40. The van der Waals surface area contributed by atoms with Crippen molar-refractivity contribution in [1.29, 1.82) is 0 Å². The molecule has 0 saturated carbocycles. The fourth-order valence-electron chi connectivity index (χ4n) is 2.09. The molecule has 0 aliphatic rings. The van der Waals surface area contributed by atoms with Crippen LogP contribution in [0.15, 0.2) is 42.5 Å². The minimum atomic E-state index is -0.539. The number of benzene rings is 2. The standard InChI is InChI=1S/C17H19FN2O2/c1-12-3-8-16(18)15(11-12)17(22)19-13-4-6-14(7-5-13)20(2)9-10-21/h3-8,11,21H,9-10H2,1-2H3,(H,19,22). The highest BCUT2D eigenvalue weighted by Crippen LogP contribution is 2.18. The van der Waals surface area contributed by atoms with Crippen LogP contribution in [0.2, 0.25) is 0 Å². The smallest absolute Gasteiger partial charge is 0.258 e. The molecule has 0 atom stereocenters. The molecule has 5 heteroatoms. The molecule has 2 aromatic carbocycles. The number of amides is 1. The van der Waals surface area contributed by atoms with E-state index in [9.17, 15) is 9.18 Å². The van der Waals surface area contributed by atoms with Crippen LogP contribution in [0.3, 0.4) is 0 Å². The summed E-state index contributed by atoms with van der Waals surface area (Å²) in [5, 5.41) is 11.6. The van der Waals surface area contributed by atoms with Crippen LogP contribution in [0, 0.1) is 12.7 Å². The number of rotatable bonds is 5. The first kappa shape index (κ1) is 16.0. The van der Waals surface area contributed by atoms with Gasteiger partial charge in [0.2, 0.25) is 0 Å². The number of aliphatic hydroxyl groups is 1. The van der Waals surface area contributed by atoms with Gasteiger partial charge in [0.1, 0.15) is 5.82 Å². The van der Waals surface area contributed by atoms with Crippen LogP contribution in [-0.2, 0) is 0 Å². The molecule has 4 nitrogen and oxygen atoms in total. The van der Waals surface area contributed by atoms with E-state index in [1.54, 1.807) is 18.2 Å². The summed E-state index contributed by atoms with van der Waals surface area (Å²) in [6, 6.07) is 11.6. The highest BCUT2D eigenvalue weighted by molar-refractivity contribution is 6.04. The van der Waals surface area contributed by atoms with Gasteiger partial charge >= 0.3 is 0 Å². The minimum Gasteiger partial charge on any atom is -0.395 e. The Kier molecular flexibility index (Phi) is 5.12. The van der Waals surface area contributed by atoms with Crippen molar-refractivity contribution in [1.82, 2.24) is 0 Å². The van der Waals surface area contributed by atoms with Crippen molar-refractivity contribution >= 4 is 17.3 Å². The van der Waals surface area contributed by atoms with E-state index in [4.69, 9.17) is 5.11 Å². The van der Waals surface area contributed by atoms with Crippen LogP contribution in [0.5, 0.6) is 0 Å². The number of anilines is 2. The first-order valence-electron chi connectivity index (χ1n) is 7.01. The Labute approximate surface area is 129 Å². The molecule has 2 N–H and O–H groups in total. The van der Waals surface area contributed by atoms with E-state index in [2.05, 4.69) is 5.32 Å². The molecular weight excluding hydrogens is 283 g/mol. The van der Waals surface area contributed by atoms with Gasteiger partial charge in [-0.2, -0.15) is 0 Å². The number of nitrogens with one attached hydrogen (secondary N) is 1. The van der Waals surface area contributed by atoms with Crippen molar-refractivity contribution in [3.63, 3.8) is 0 Å². The molecular formula is C17H19FN2O2. The van der Waals surface area contributed by atoms with Crippen LogP contribution < -0.4 is 10.2 Å². The molecule has 0 aliphatic carbocycles. The second-order valence-electron chi connectivity index (χ2n) is 5.13. The Morgan fingerprint density at radius 3 is 2.55 bits per heavy atom. The van der Waals surface area contributed by atoms with Gasteiger partial charge in [-0.1, -0.05) is 11.6 Å². The molecule has 2 aromatic rings. The predicted octanol–water partition coefficient (Wildman–Crippen LogP) is 2.81. The van der Waals surface area contributed by atoms with Crippen molar-refractivity contribution in [3.05, 3.63) is 59.4 Å². The highest BCUT2D eigenvalue weighted by Gasteiger charge is 2.12. The van der Waals surface area contributed by atoms with E-state index in [-0.39, 0.29) is 12.2 Å². The Balaban J connectivity index is 2.10. The lowest BCUT2D eigenvalue weighted by Gasteiger charge is -2.18. The number of aryl methyl sites for hydroxylation is 1. The summed E-state index contributed by atoms with van der Waals surface area (Å²) < 4.78 is 13.7. The number of hydrogen-bond donors (Lipinski definition) is 2. The Morgan fingerprint density at radius 2 is 1.91 bits per heavy atom. The largest absolute Gasteiger partial charge is 0.395 e. The van der Waals surface area contributed by atoms with Crippen LogP contribution >= 0.6 is 0 Å². The number of nitrogens with zero attached hydrogens (tertiary/aromatic N) is 1. The minimum absolute atomic E-state index is 0.0291. The van der Waals surface area contributed by atoms with Gasteiger partial charge in [0, 0.05) is 25.0 Å². The maximum absolute atomic E-state index is 13.7. The molecule has 0 spiro atoms. The number of hydrogen-bond acceptors (Lipinski definition) is 3. The van der Waals surface area contributed by atoms with Crippen molar-refractivity contribution in [2.75, 3.05) is 30.4 Å². The molecule has 0 aliphatic heterocycles. The van der Waals surface area contributed by atoms with Crippen LogP contribution in [0.1, 0.15) is 15.9 Å². The summed E-state index contributed by atoms with van der Waals surface area (Å²) in [6.45, 7) is 2.41. The summed E-state index contributed by atoms with van der Waals surface area (Å²) in [6.07, 6.45) is 0. The van der Waals surface area contributed by atoms with E-state index in [1.165, 1.54) is 12.1 Å². The molecule has 0 aromatic heterocycles. The topological polar surface area (TPSA) is 52.6 Å². The average Bonchev–Trinajstić information content (AvgIpc) is 2.50. The van der Waals surface area contributed by atoms with Crippen molar-refractivity contribution < 1.29 is 14.3 Å². The van der Waals surface area contributed by atoms with Gasteiger partial charge in [-0.05, 0) is 43.3 Å². The monoisotopic (exact) mass is 302 g/mol. The number of carbonyl (C=O) groups excluding carboxylic acids is 1. The molecule has 2 rings (SSSR count). The average molecular weight is 302 g/mol. The van der Waals surface area contributed by atoms with Gasteiger partial charge in [-0.3, -0.25) is 4.79 Å². The van der Waals surface area contributed by atoms with Gasteiger partial charge in [0.05, 0.1) is 12.2 Å². The normalized spacial score (nSPS) is 10.4. The third-order valence-corrected chi connectivity index (χ3v) is 3.37. The number of aliphatic hydroxyl groups excluding tert-OH is 1. The van der Waals surface area contributed by atoms with E-state index < -0.39 is 11.7 Å². The van der Waals surface area contributed by atoms with Crippen molar-refractivity contribution in [2.24, 2.45) is 0 Å². The van der Waals surface area contributed by atoms with E-state index in [1.807, 2.05) is 31.0 Å². The molecule has 0 saturated heterocycles. The number of likely N-dealkylation sites (N-methyl/N-ethyl adjacent to an activating group) is 1. The molecule has 0 fully saturated rings. The molecule has 0 bridgehead atoms. The fraction of sp³-hybridized carbons (Fsp3) is 0.235. The maximum Gasteiger partial charge on any atom is 0.258 e. The summed E-state index contributed by atoms with van der Waals surface area (Å²) >= 11 is 0. The second kappa shape index (κ2) is 7.04. The molecule has 0 heterocycles. The third kappa shape index (κ3) is 3.83. The number of halogens is 1. The third-order valence-electron chi connectivity index (χ3n) is 3.37. The molecule has 1 amide bonds. The Bertz CT molecular complexity index is 656. The van der Waals surface area contributed by atoms with E-state index in [0.29, 0.717) is 12.2 Å². The first-order valence-corrected chi connectivity index (χ1v) is 7.01. The molecule has 0 unspecified atom stereocenters.